The highest BCUT2D eigenvalue weighted by Crippen LogP contribution is 2.31. The molecule has 5 rings (SSSR count). The number of aryl methyl sites for hydroxylation is 1. The summed E-state index contributed by atoms with van der Waals surface area (Å²) in [6.45, 7) is 5.21. The molecule has 1 aromatic carbocycles. The van der Waals surface area contributed by atoms with E-state index in [-0.39, 0.29) is 34.7 Å². The van der Waals surface area contributed by atoms with Gasteiger partial charge in [-0.2, -0.15) is 15.1 Å². The first-order valence-corrected chi connectivity index (χ1v) is 12.4. The van der Waals surface area contributed by atoms with Gasteiger partial charge in [0.05, 0.1) is 17.7 Å². The number of nitrogens with one attached hydrogen (secondary N) is 1. The Hall–Kier alpha value is -3.53. The van der Waals surface area contributed by atoms with E-state index in [0.29, 0.717) is 16.3 Å². The molecule has 0 atom stereocenters. The number of benzene rings is 1. The molecule has 0 spiro atoms. The van der Waals surface area contributed by atoms with Crippen molar-refractivity contribution in [3.05, 3.63) is 58.7 Å². The van der Waals surface area contributed by atoms with Crippen LogP contribution in [0.5, 0.6) is 0 Å². The zero-order chi connectivity index (χ0) is 24.7. The molecule has 1 aromatic heterocycles. The largest absolute Gasteiger partial charge is 0.342 e. The van der Waals surface area contributed by atoms with Gasteiger partial charge in [-0.15, -0.1) is 0 Å². The van der Waals surface area contributed by atoms with Gasteiger partial charge in [0.25, 0.3) is 5.91 Å². The average Bonchev–Trinajstić information content (AvgIpc) is 3.37. The van der Waals surface area contributed by atoms with Crippen LogP contribution in [0.15, 0.2) is 46.0 Å². The number of nitrogens with zero attached hydrogens (tertiary/aromatic N) is 5. The highest BCUT2D eigenvalue weighted by Gasteiger charge is 2.36. The van der Waals surface area contributed by atoms with E-state index < -0.39 is 5.91 Å². The van der Waals surface area contributed by atoms with Crippen molar-refractivity contribution in [1.82, 2.24) is 14.5 Å². The molecule has 0 aliphatic carbocycles. The van der Waals surface area contributed by atoms with Crippen LogP contribution < -0.4 is 0 Å². The molecule has 1 N–H and O–H groups in total. The number of halogens is 1. The normalized spacial score (nSPS) is 19.2. The molecule has 1 saturated heterocycles. The number of piperidine rings is 1. The number of amidine groups is 2. The molecule has 3 aliphatic rings. The van der Waals surface area contributed by atoms with Crippen LogP contribution in [0.25, 0.3) is 11.8 Å². The Bertz CT molecular complexity index is 1340. The number of rotatable bonds is 4. The lowest BCUT2D eigenvalue weighted by Gasteiger charge is -2.26. The maximum absolute atomic E-state index is 14.4. The number of aromatic nitrogens is 1. The van der Waals surface area contributed by atoms with Crippen molar-refractivity contribution in [1.29, 1.82) is 5.41 Å². The molecular formula is C25H25FN6O2S. The quantitative estimate of drug-likeness (QED) is 0.646. The number of carbonyl (C=O) groups is 2. The van der Waals surface area contributed by atoms with Crippen LogP contribution in [0.1, 0.15) is 42.6 Å². The minimum Gasteiger partial charge on any atom is -0.342 e. The number of para-hydroxylation sites is 1. The van der Waals surface area contributed by atoms with E-state index in [1.54, 1.807) is 28.8 Å². The third-order valence-electron chi connectivity index (χ3n) is 6.37. The molecule has 35 heavy (non-hydrogen) atoms. The lowest BCUT2D eigenvalue weighted by Crippen LogP contribution is -2.36. The van der Waals surface area contributed by atoms with Crippen molar-refractivity contribution in [2.45, 2.75) is 39.5 Å². The predicted octanol–water partition coefficient (Wildman–Crippen LogP) is 4.26. The molecular weight excluding hydrogens is 467 g/mol. The minimum absolute atomic E-state index is 0.00519. The fourth-order valence-electron chi connectivity index (χ4n) is 4.58. The highest BCUT2D eigenvalue weighted by atomic mass is 32.2. The molecule has 0 unspecified atom stereocenters. The number of carbonyl (C=O) groups excluding carboxylic acids is 2. The summed E-state index contributed by atoms with van der Waals surface area (Å²) in [6, 6.07) is 8.34. The lowest BCUT2D eigenvalue weighted by molar-refractivity contribution is -0.130. The summed E-state index contributed by atoms with van der Waals surface area (Å²) in [6.07, 6.45) is 4.89. The maximum Gasteiger partial charge on any atom is 0.283 e. The van der Waals surface area contributed by atoms with Gasteiger partial charge in [0.15, 0.2) is 5.84 Å². The fraction of sp³-hybridized carbons (Fsp3) is 0.320. The number of amides is 2. The Morgan fingerprint density at radius 2 is 1.94 bits per heavy atom. The Kier molecular flexibility index (Phi) is 6.14. The zero-order valence-electron chi connectivity index (χ0n) is 19.5. The number of hydrogen-bond donors (Lipinski definition) is 1. The molecule has 0 saturated carbocycles. The SMILES string of the molecule is Cc1cc(/C=C2\C(=N)N3N=C(CC(=O)N4CCCCC4)SC3=NC2=O)c(C)n1-c1ccccc1F. The number of thioether (sulfide) groups is 1. The molecule has 2 aromatic rings. The van der Waals surface area contributed by atoms with Gasteiger partial charge in [-0.3, -0.25) is 15.0 Å². The molecule has 4 heterocycles. The van der Waals surface area contributed by atoms with Crippen LogP contribution in [0.3, 0.4) is 0 Å². The van der Waals surface area contributed by atoms with Gasteiger partial charge in [0.2, 0.25) is 11.1 Å². The van der Waals surface area contributed by atoms with Crippen molar-refractivity contribution in [3.63, 3.8) is 0 Å². The van der Waals surface area contributed by atoms with Gasteiger partial charge in [-0.05, 0) is 74.7 Å². The topological polar surface area (TPSA) is 94.1 Å². The molecule has 8 nitrogen and oxygen atoms in total. The first kappa shape index (κ1) is 23.2. The first-order chi connectivity index (χ1) is 16.8. The van der Waals surface area contributed by atoms with Gasteiger partial charge in [0.1, 0.15) is 10.9 Å². The van der Waals surface area contributed by atoms with Crippen molar-refractivity contribution >= 4 is 45.7 Å². The van der Waals surface area contributed by atoms with Crippen LogP contribution in [0, 0.1) is 25.1 Å². The van der Waals surface area contributed by atoms with Crippen LogP contribution >= 0.6 is 11.8 Å². The molecule has 2 amide bonds. The molecule has 0 bridgehead atoms. The van der Waals surface area contributed by atoms with E-state index in [1.165, 1.54) is 11.1 Å². The summed E-state index contributed by atoms with van der Waals surface area (Å²) in [4.78, 5) is 31.4. The minimum atomic E-state index is -0.539. The Morgan fingerprint density at radius 1 is 1.20 bits per heavy atom. The second-order valence-electron chi connectivity index (χ2n) is 8.75. The Balaban J connectivity index is 1.40. The van der Waals surface area contributed by atoms with E-state index >= 15 is 0 Å². The van der Waals surface area contributed by atoms with Crippen LogP contribution in [-0.4, -0.2) is 55.4 Å². The monoisotopic (exact) mass is 492 g/mol. The van der Waals surface area contributed by atoms with Gasteiger partial charge >= 0.3 is 0 Å². The molecule has 0 radical (unpaired) electrons. The summed E-state index contributed by atoms with van der Waals surface area (Å²) in [5, 5.41) is 15.2. The molecule has 3 aliphatic heterocycles. The summed E-state index contributed by atoms with van der Waals surface area (Å²) in [5.41, 5.74) is 2.74. The van der Waals surface area contributed by atoms with Gasteiger partial charge in [-0.25, -0.2) is 4.39 Å². The van der Waals surface area contributed by atoms with Crippen molar-refractivity contribution in [2.75, 3.05) is 13.1 Å². The van der Waals surface area contributed by atoms with Gasteiger partial charge in [0, 0.05) is 24.5 Å². The predicted molar refractivity (Wildman–Crippen MR) is 135 cm³/mol. The summed E-state index contributed by atoms with van der Waals surface area (Å²) >= 11 is 1.16. The summed E-state index contributed by atoms with van der Waals surface area (Å²) in [5.74, 6) is -0.975. The third kappa shape index (κ3) is 4.34. The van der Waals surface area contributed by atoms with E-state index in [4.69, 9.17) is 5.41 Å². The van der Waals surface area contributed by atoms with E-state index in [0.717, 1.165) is 55.5 Å². The molecule has 10 heteroatoms. The van der Waals surface area contributed by atoms with Gasteiger partial charge < -0.3 is 9.47 Å². The van der Waals surface area contributed by atoms with E-state index in [1.807, 2.05) is 24.8 Å². The van der Waals surface area contributed by atoms with Crippen molar-refractivity contribution < 1.29 is 14.0 Å². The summed E-state index contributed by atoms with van der Waals surface area (Å²) < 4.78 is 16.2. The van der Waals surface area contributed by atoms with Gasteiger partial charge in [-0.1, -0.05) is 12.1 Å². The Labute approximate surface area is 206 Å². The average molecular weight is 493 g/mol. The first-order valence-electron chi connectivity index (χ1n) is 11.5. The standard InChI is InChI=1S/C25H25FN6O2S/c1-15-12-17(16(2)31(15)20-9-5-4-8-19(20)26)13-18-23(27)32-25(28-24(18)34)35-21(29-32)14-22(33)30-10-6-3-7-11-30/h4-5,8-9,12-13,27H,3,6-7,10-11,14H2,1-2H3/b18-13+,27-23?. The lowest BCUT2D eigenvalue weighted by atomic mass is 10.1. The van der Waals surface area contributed by atoms with E-state index in [2.05, 4.69) is 10.1 Å². The number of hydrazone groups is 1. The number of likely N-dealkylation sites (tertiary alicyclic amines) is 1. The fourth-order valence-corrected chi connectivity index (χ4v) is 5.46. The van der Waals surface area contributed by atoms with Crippen LogP contribution in [-0.2, 0) is 9.59 Å². The summed E-state index contributed by atoms with van der Waals surface area (Å²) in [7, 11) is 0. The zero-order valence-corrected chi connectivity index (χ0v) is 20.4. The number of hydrogen-bond acceptors (Lipinski definition) is 5. The maximum atomic E-state index is 14.4. The molecule has 180 valence electrons. The van der Waals surface area contributed by atoms with Crippen LogP contribution in [0.2, 0.25) is 0 Å². The number of fused-ring (bicyclic) bond motifs is 1. The number of aliphatic imine (C=N–C) groups is 1. The third-order valence-corrected chi connectivity index (χ3v) is 7.28. The second-order valence-corrected chi connectivity index (χ2v) is 9.79. The van der Waals surface area contributed by atoms with Crippen molar-refractivity contribution in [2.24, 2.45) is 10.1 Å². The Morgan fingerprint density at radius 3 is 2.69 bits per heavy atom. The van der Waals surface area contributed by atoms with Crippen molar-refractivity contribution in [3.8, 4) is 5.69 Å². The smallest absolute Gasteiger partial charge is 0.283 e. The second kappa shape index (κ2) is 9.26. The van der Waals surface area contributed by atoms with Crippen LogP contribution in [0.4, 0.5) is 4.39 Å². The van der Waals surface area contributed by atoms with E-state index in [9.17, 15) is 14.0 Å². The molecule has 1 fully saturated rings. The highest BCUT2D eigenvalue weighted by molar-refractivity contribution is 8.27.